The molecule has 0 aromatic carbocycles. The minimum atomic E-state index is 0.696. The summed E-state index contributed by atoms with van der Waals surface area (Å²) in [7, 11) is 0. The van der Waals surface area contributed by atoms with Crippen LogP contribution in [-0.2, 0) is 0 Å². The van der Waals surface area contributed by atoms with E-state index in [4.69, 9.17) is 0 Å². The molecule has 0 amide bonds. The quantitative estimate of drug-likeness (QED) is 0.450. The van der Waals surface area contributed by atoms with Gasteiger partial charge in [0.15, 0.2) is 0 Å². The van der Waals surface area contributed by atoms with Crippen LogP contribution in [0, 0.1) is 35.5 Å². The van der Waals surface area contributed by atoms with E-state index >= 15 is 0 Å². The molecule has 0 heterocycles. The Morgan fingerprint density at radius 2 is 1.74 bits per heavy atom. The molecule has 0 heteroatoms. The number of allylic oxidation sites excluding steroid dienone is 2. The van der Waals surface area contributed by atoms with Crippen molar-refractivity contribution in [1.82, 2.24) is 0 Å². The molecule has 1 saturated carbocycles. The van der Waals surface area contributed by atoms with Gasteiger partial charge in [-0.1, -0.05) is 72.5 Å². The molecule has 0 saturated heterocycles. The van der Waals surface area contributed by atoms with E-state index in [2.05, 4.69) is 54.5 Å². The topological polar surface area (TPSA) is 0 Å². The first-order chi connectivity index (χ1) is 8.82. The van der Waals surface area contributed by atoms with Crippen molar-refractivity contribution < 1.29 is 0 Å². The van der Waals surface area contributed by atoms with Crippen LogP contribution >= 0.6 is 0 Å². The molecule has 0 aromatic heterocycles. The van der Waals surface area contributed by atoms with E-state index in [1.807, 2.05) is 0 Å². The summed E-state index contributed by atoms with van der Waals surface area (Å²) in [4.78, 5) is 0. The van der Waals surface area contributed by atoms with Gasteiger partial charge in [-0.15, -0.1) is 0 Å². The van der Waals surface area contributed by atoms with Gasteiger partial charge in [-0.25, -0.2) is 0 Å². The molecule has 112 valence electrons. The molecular formula is C19H36. The van der Waals surface area contributed by atoms with Crippen LogP contribution in [0.5, 0.6) is 0 Å². The molecule has 0 aromatic rings. The second-order valence-corrected chi connectivity index (χ2v) is 7.66. The van der Waals surface area contributed by atoms with E-state index in [1.165, 1.54) is 25.7 Å². The number of hydrogen-bond donors (Lipinski definition) is 0. The van der Waals surface area contributed by atoms with Crippen molar-refractivity contribution >= 4 is 0 Å². The minimum absolute atomic E-state index is 0.696. The van der Waals surface area contributed by atoms with Crippen molar-refractivity contribution in [2.75, 3.05) is 0 Å². The summed E-state index contributed by atoms with van der Waals surface area (Å²) in [6.07, 6.45) is 8.35. The third kappa shape index (κ3) is 5.71. The zero-order valence-corrected chi connectivity index (χ0v) is 14.4. The van der Waals surface area contributed by atoms with E-state index in [0.29, 0.717) is 5.92 Å². The molecule has 5 unspecified atom stereocenters. The van der Waals surface area contributed by atoms with E-state index < -0.39 is 0 Å². The SMILES string of the molecule is CC(=CC(C)C(C)C(C)CCCC1CC1C)C(C)C. The summed E-state index contributed by atoms with van der Waals surface area (Å²) < 4.78 is 0. The van der Waals surface area contributed by atoms with Crippen LogP contribution in [0.3, 0.4) is 0 Å². The van der Waals surface area contributed by atoms with Crippen LogP contribution in [0.15, 0.2) is 11.6 Å². The molecule has 19 heavy (non-hydrogen) atoms. The molecule has 0 radical (unpaired) electrons. The molecular weight excluding hydrogens is 228 g/mol. The molecule has 1 aliphatic rings. The zero-order chi connectivity index (χ0) is 14.6. The van der Waals surface area contributed by atoms with Gasteiger partial charge in [0.05, 0.1) is 0 Å². The van der Waals surface area contributed by atoms with Gasteiger partial charge in [0, 0.05) is 0 Å². The van der Waals surface area contributed by atoms with Gasteiger partial charge in [-0.05, 0) is 48.9 Å². The Labute approximate surface area is 122 Å². The molecule has 5 atom stereocenters. The Bertz CT molecular complexity index is 286. The summed E-state index contributed by atoms with van der Waals surface area (Å²) in [5.74, 6) is 5.19. The van der Waals surface area contributed by atoms with Crippen molar-refractivity contribution in [3.8, 4) is 0 Å². The fourth-order valence-corrected chi connectivity index (χ4v) is 3.04. The van der Waals surface area contributed by atoms with Crippen LogP contribution < -0.4 is 0 Å². The first-order valence-electron chi connectivity index (χ1n) is 8.51. The summed E-state index contributed by atoms with van der Waals surface area (Å²) in [6, 6.07) is 0. The first-order valence-corrected chi connectivity index (χ1v) is 8.51. The zero-order valence-electron chi connectivity index (χ0n) is 14.4. The average Bonchev–Trinajstić information content (AvgIpc) is 3.03. The lowest BCUT2D eigenvalue weighted by atomic mass is 9.81. The van der Waals surface area contributed by atoms with Crippen molar-refractivity contribution in [3.63, 3.8) is 0 Å². The second kappa shape index (κ2) is 7.50. The standard InChI is InChI=1S/C19H36/c1-13(2)15(4)11-16(5)18(7)14(3)9-8-10-19-12-17(19)6/h11,13-14,16-19H,8-10,12H2,1-7H3. The van der Waals surface area contributed by atoms with Crippen LogP contribution in [0.2, 0.25) is 0 Å². The normalized spacial score (nSPS) is 28.3. The maximum atomic E-state index is 2.51. The van der Waals surface area contributed by atoms with Gasteiger partial charge in [0.25, 0.3) is 0 Å². The molecule has 0 N–H and O–H groups in total. The van der Waals surface area contributed by atoms with Crippen molar-refractivity contribution in [2.24, 2.45) is 35.5 Å². The third-order valence-electron chi connectivity index (χ3n) is 5.67. The fourth-order valence-electron chi connectivity index (χ4n) is 3.04. The monoisotopic (exact) mass is 264 g/mol. The highest BCUT2D eigenvalue weighted by atomic mass is 14.4. The molecule has 0 bridgehead atoms. The van der Waals surface area contributed by atoms with Gasteiger partial charge in [0.2, 0.25) is 0 Å². The average molecular weight is 264 g/mol. The maximum Gasteiger partial charge on any atom is -0.0231 e. The van der Waals surface area contributed by atoms with Crippen molar-refractivity contribution in [2.45, 2.75) is 74.1 Å². The highest BCUT2D eigenvalue weighted by Gasteiger charge is 2.31. The smallest absolute Gasteiger partial charge is 0.0231 e. The summed E-state index contributed by atoms with van der Waals surface area (Å²) in [5, 5.41) is 0. The molecule has 0 aliphatic heterocycles. The Kier molecular flexibility index (Phi) is 6.63. The molecule has 1 rings (SSSR count). The van der Waals surface area contributed by atoms with Crippen LogP contribution in [-0.4, -0.2) is 0 Å². The van der Waals surface area contributed by atoms with Gasteiger partial charge < -0.3 is 0 Å². The van der Waals surface area contributed by atoms with Crippen LogP contribution in [0.1, 0.15) is 74.1 Å². The minimum Gasteiger partial charge on any atom is -0.0822 e. The molecule has 1 aliphatic carbocycles. The summed E-state index contributed by atoms with van der Waals surface area (Å²) >= 11 is 0. The second-order valence-electron chi connectivity index (χ2n) is 7.66. The Morgan fingerprint density at radius 1 is 1.16 bits per heavy atom. The Hall–Kier alpha value is -0.260. The van der Waals surface area contributed by atoms with E-state index in [9.17, 15) is 0 Å². The summed E-state index contributed by atoms with van der Waals surface area (Å²) in [6.45, 7) is 16.6. The lowest BCUT2D eigenvalue weighted by Gasteiger charge is -2.25. The van der Waals surface area contributed by atoms with Crippen LogP contribution in [0.25, 0.3) is 0 Å². The fraction of sp³-hybridized carbons (Fsp3) is 0.895. The van der Waals surface area contributed by atoms with Crippen molar-refractivity contribution in [1.29, 1.82) is 0 Å². The molecule has 0 nitrogen and oxygen atoms in total. The van der Waals surface area contributed by atoms with Gasteiger partial charge in [-0.2, -0.15) is 0 Å². The highest BCUT2D eigenvalue weighted by Crippen LogP contribution is 2.42. The van der Waals surface area contributed by atoms with Crippen LogP contribution in [0.4, 0.5) is 0 Å². The summed E-state index contributed by atoms with van der Waals surface area (Å²) in [5.41, 5.74) is 1.55. The Balaban J connectivity index is 2.29. The largest absolute Gasteiger partial charge is 0.0822 e. The third-order valence-corrected chi connectivity index (χ3v) is 5.67. The lowest BCUT2D eigenvalue weighted by Crippen LogP contribution is -2.16. The first kappa shape index (κ1) is 16.8. The Morgan fingerprint density at radius 3 is 2.21 bits per heavy atom. The molecule has 1 fully saturated rings. The van der Waals surface area contributed by atoms with Crippen molar-refractivity contribution in [3.05, 3.63) is 11.6 Å². The maximum absolute atomic E-state index is 2.51. The van der Waals surface area contributed by atoms with E-state index in [0.717, 1.165) is 29.6 Å². The highest BCUT2D eigenvalue weighted by molar-refractivity contribution is 5.04. The van der Waals surface area contributed by atoms with Gasteiger partial charge in [0.1, 0.15) is 0 Å². The van der Waals surface area contributed by atoms with Gasteiger partial charge in [-0.3, -0.25) is 0 Å². The van der Waals surface area contributed by atoms with E-state index in [-0.39, 0.29) is 0 Å². The van der Waals surface area contributed by atoms with E-state index in [1.54, 1.807) is 5.57 Å². The predicted octanol–water partition coefficient (Wildman–Crippen LogP) is 6.32. The number of hydrogen-bond acceptors (Lipinski definition) is 0. The predicted molar refractivity (Wildman–Crippen MR) is 87.2 cm³/mol. The lowest BCUT2D eigenvalue weighted by molar-refractivity contribution is 0.292. The molecule has 0 spiro atoms. The van der Waals surface area contributed by atoms with Gasteiger partial charge >= 0.3 is 0 Å². The number of rotatable bonds is 8.